The van der Waals surface area contributed by atoms with Crippen molar-refractivity contribution in [2.75, 3.05) is 9.80 Å². The Bertz CT molecular complexity index is 3490. The molecule has 0 atom stereocenters. The molecule has 0 fully saturated rings. The van der Waals surface area contributed by atoms with E-state index < -0.39 is 5.41 Å². The molecule has 1 spiro atoms. The van der Waals surface area contributed by atoms with E-state index in [0.29, 0.717) is 0 Å². The van der Waals surface area contributed by atoms with Crippen molar-refractivity contribution in [2.45, 2.75) is 5.41 Å². The van der Waals surface area contributed by atoms with Crippen LogP contribution in [-0.2, 0) is 5.41 Å². The molecule has 0 bridgehead atoms. The molecule has 1 aliphatic heterocycles. The third-order valence-corrected chi connectivity index (χ3v) is 14.1. The van der Waals surface area contributed by atoms with Crippen molar-refractivity contribution in [2.24, 2.45) is 0 Å². The Morgan fingerprint density at radius 1 is 0.284 bits per heavy atom. The molecule has 2 aliphatic rings. The molecule has 0 unspecified atom stereocenters. The second kappa shape index (κ2) is 15.8. The minimum Gasteiger partial charge on any atom is -0.310 e. The number of hydrogen-bond acceptors (Lipinski definition) is 2. The monoisotopic (exact) mass is 852 g/mol. The Morgan fingerprint density at radius 2 is 0.716 bits per heavy atom. The van der Waals surface area contributed by atoms with Gasteiger partial charge in [0.1, 0.15) is 0 Å². The lowest BCUT2D eigenvalue weighted by atomic mass is 9.64. The molecule has 67 heavy (non-hydrogen) atoms. The lowest BCUT2D eigenvalue weighted by Gasteiger charge is -2.45. The van der Waals surface area contributed by atoms with E-state index in [2.05, 4.69) is 277 Å². The van der Waals surface area contributed by atoms with Gasteiger partial charge in [-0.25, -0.2) is 0 Å². The van der Waals surface area contributed by atoms with Gasteiger partial charge >= 0.3 is 0 Å². The summed E-state index contributed by atoms with van der Waals surface area (Å²) in [5, 5.41) is 2.39. The maximum absolute atomic E-state index is 2.50. The van der Waals surface area contributed by atoms with Crippen molar-refractivity contribution in [1.82, 2.24) is 0 Å². The summed E-state index contributed by atoms with van der Waals surface area (Å²) in [4.78, 5) is 4.86. The summed E-state index contributed by atoms with van der Waals surface area (Å²) in [5.74, 6) is 0. The largest absolute Gasteiger partial charge is 0.310 e. The Kier molecular flexibility index (Phi) is 9.11. The van der Waals surface area contributed by atoms with E-state index in [9.17, 15) is 0 Å². The van der Waals surface area contributed by atoms with Crippen molar-refractivity contribution in [1.29, 1.82) is 0 Å². The van der Waals surface area contributed by atoms with Gasteiger partial charge in [-0.15, -0.1) is 0 Å². The zero-order valence-corrected chi connectivity index (χ0v) is 36.8. The van der Waals surface area contributed by atoms with Crippen LogP contribution in [0.4, 0.5) is 34.1 Å². The fourth-order valence-corrected chi connectivity index (χ4v) is 11.2. The first-order chi connectivity index (χ1) is 33.3. The van der Waals surface area contributed by atoms with E-state index in [1.165, 1.54) is 88.9 Å². The summed E-state index contributed by atoms with van der Waals surface area (Å²) in [5.41, 5.74) is 21.3. The zero-order chi connectivity index (χ0) is 44.3. The average molecular weight is 853 g/mol. The zero-order valence-electron chi connectivity index (χ0n) is 36.8. The van der Waals surface area contributed by atoms with Gasteiger partial charge in [0.05, 0.1) is 22.5 Å². The van der Waals surface area contributed by atoms with Crippen LogP contribution in [0.5, 0.6) is 0 Å². The molecular formula is C65H44N2. The summed E-state index contributed by atoms with van der Waals surface area (Å²) in [6.07, 6.45) is 0. The third kappa shape index (κ3) is 6.11. The highest BCUT2D eigenvalue weighted by Gasteiger charge is 2.51. The Labute approximate surface area is 391 Å². The van der Waals surface area contributed by atoms with Crippen LogP contribution >= 0.6 is 0 Å². The molecule has 1 heterocycles. The molecule has 1 aliphatic carbocycles. The lowest BCUT2D eigenvalue weighted by molar-refractivity contribution is 0.753. The highest BCUT2D eigenvalue weighted by atomic mass is 15.2. The number of rotatable bonds is 7. The highest BCUT2D eigenvalue weighted by molar-refractivity contribution is 6.07. The van der Waals surface area contributed by atoms with Crippen LogP contribution in [0.15, 0.2) is 267 Å². The highest BCUT2D eigenvalue weighted by Crippen LogP contribution is 2.63. The predicted octanol–water partition coefficient (Wildman–Crippen LogP) is 17.5. The first-order valence-electron chi connectivity index (χ1n) is 23.2. The number of fused-ring (bicyclic) bond motifs is 10. The molecule has 2 nitrogen and oxygen atoms in total. The molecule has 0 aromatic heterocycles. The SMILES string of the molecule is c1ccc(-c2ccc(N(c3ccc(-c4ccccc4)cc3)c3ccc(-c4ccc5c(c4)C4(c6ccccc6-5)c5ccccc5N(c5ccccc5)c5ccccc54)c4ccccc34)cc2)cc1. The molecule has 13 rings (SSSR count). The summed E-state index contributed by atoms with van der Waals surface area (Å²) in [6, 6.07) is 98.0. The topological polar surface area (TPSA) is 6.48 Å². The number of anilines is 6. The van der Waals surface area contributed by atoms with Crippen molar-refractivity contribution in [3.8, 4) is 44.5 Å². The summed E-state index contributed by atoms with van der Waals surface area (Å²) >= 11 is 0. The van der Waals surface area contributed by atoms with Crippen LogP contribution in [0.3, 0.4) is 0 Å². The first-order valence-corrected chi connectivity index (χ1v) is 23.2. The Balaban J connectivity index is 0.993. The molecule has 0 amide bonds. The van der Waals surface area contributed by atoms with Gasteiger partial charge in [0.25, 0.3) is 0 Å². The minimum absolute atomic E-state index is 0.537. The van der Waals surface area contributed by atoms with Crippen LogP contribution < -0.4 is 9.80 Å². The first kappa shape index (κ1) is 38.7. The van der Waals surface area contributed by atoms with Gasteiger partial charge in [0, 0.05) is 22.4 Å². The normalized spacial score (nSPS) is 12.9. The molecular weight excluding hydrogens is 809 g/mol. The average Bonchev–Trinajstić information content (AvgIpc) is 3.70. The van der Waals surface area contributed by atoms with Crippen molar-refractivity contribution in [3.05, 3.63) is 289 Å². The predicted molar refractivity (Wildman–Crippen MR) is 280 cm³/mol. The van der Waals surface area contributed by atoms with Gasteiger partial charge in [0.2, 0.25) is 0 Å². The van der Waals surface area contributed by atoms with Crippen LogP contribution in [0, 0.1) is 0 Å². The van der Waals surface area contributed by atoms with E-state index in [1.807, 2.05) is 0 Å². The van der Waals surface area contributed by atoms with Crippen LogP contribution in [0.2, 0.25) is 0 Å². The molecule has 314 valence electrons. The van der Waals surface area contributed by atoms with Gasteiger partial charge in [-0.1, -0.05) is 206 Å². The quantitative estimate of drug-likeness (QED) is 0.158. The smallest absolute Gasteiger partial charge is 0.0754 e. The molecule has 0 saturated carbocycles. The minimum atomic E-state index is -0.537. The van der Waals surface area contributed by atoms with Gasteiger partial charge in [-0.05, 0) is 133 Å². The van der Waals surface area contributed by atoms with Gasteiger partial charge in [0.15, 0.2) is 0 Å². The number of benzene rings is 11. The second-order valence-corrected chi connectivity index (χ2v) is 17.6. The van der Waals surface area contributed by atoms with Gasteiger partial charge in [-0.3, -0.25) is 0 Å². The number of nitrogens with zero attached hydrogens (tertiary/aromatic N) is 2. The fraction of sp³-hybridized carbons (Fsp3) is 0.0154. The molecule has 2 heteroatoms. The maximum Gasteiger partial charge on any atom is 0.0754 e. The summed E-state index contributed by atoms with van der Waals surface area (Å²) in [6.45, 7) is 0. The number of para-hydroxylation sites is 3. The van der Waals surface area contributed by atoms with Gasteiger partial charge in [-0.2, -0.15) is 0 Å². The molecule has 0 saturated heterocycles. The van der Waals surface area contributed by atoms with E-state index in [-0.39, 0.29) is 0 Å². The van der Waals surface area contributed by atoms with Gasteiger partial charge < -0.3 is 9.80 Å². The third-order valence-electron chi connectivity index (χ3n) is 14.1. The molecule has 11 aromatic rings. The molecule has 0 radical (unpaired) electrons. The maximum atomic E-state index is 2.50. The van der Waals surface area contributed by atoms with Crippen molar-refractivity contribution in [3.63, 3.8) is 0 Å². The molecule has 11 aromatic carbocycles. The Hall–Kier alpha value is -8.72. The second-order valence-electron chi connectivity index (χ2n) is 17.6. The molecule has 0 N–H and O–H groups in total. The summed E-state index contributed by atoms with van der Waals surface area (Å²) in [7, 11) is 0. The standard InChI is InChI=1S/C65H44N2/c1-4-18-45(19-5-1)47-32-37-51(38-33-47)66(52-39-34-48(35-40-52)46-20-6-2-7-21-46)62-43-42-53(54-24-10-11-26-57(54)62)49-36-41-56-55-25-12-13-27-58(55)65(61(56)44-49)59-28-14-16-30-63(59)67(50-22-8-3-9-23-50)64-31-17-15-29-60(64)65/h1-44H. The van der Waals surface area contributed by atoms with E-state index in [0.717, 1.165) is 22.7 Å². The van der Waals surface area contributed by atoms with Crippen molar-refractivity contribution >= 4 is 44.9 Å². The van der Waals surface area contributed by atoms with E-state index in [4.69, 9.17) is 0 Å². The fourth-order valence-electron chi connectivity index (χ4n) is 11.2. The summed E-state index contributed by atoms with van der Waals surface area (Å²) < 4.78 is 0. The lowest BCUT2D eigenvalue weighted by Crippen LogP contribution is -2.36. The Morgan fingerprint density at radius 3 is 1.31 bits per heavy atom. The van der Waals surface area contributed by atoms with Crippen LogP contribution in [-0.4, -0.2) is 0 Å². The van der Waals surface area contributed by atoms with E-state index in [1.54, 1.807) is 0 Å². The van der Waals surface area contributed by atoms with E-state index >= 15 is 0 Å². The van der Waals surface area contributed by atoms with Crippen molar-refractivity contribution < 1.29 is 0 Å². The number of hydrogen-bond donors (Lipinski definition) is 0. The van der Waals surface area contributed by atoms with Crippen LogP contribution in [0.25, 0.3) is 55.3 Å². The van der Waals surface area contributed by atoms with Crippen LogP contribution in [0.1, 0.15) is 22.3 Å².